The second-order valence-electron chi connectivity index (χ2n) is 8.03. The second kappa shape index (κ2) is 10.3. The zero-order valence-corrected chi connectivity index (χ0v) is 19.4. The van der Waals surface area contributed by atoms with E-state index in [1.54, 1.807) is 36.9 Å². The normalized spacial score (nSPS) is 11.7. The van der Waals surface area contributed by atoms with Crippen LogP contribution in [0.15, 0.2) is 42.7 Å². The average Bonchev–Trinajstić information content (AvgIpc) is 3.38. The Kier molecular flexibility index (Phi) is 7.25. The molecular weight excluding hydrogens is 464 g/mol. The van der Waals surface area contributed by atoms with E-state index in [-0.39, 0.29) is 17.1 Å². The Morgan fingerprint density at radius 1 is 0.943 bits per heavy atom. The van der Waals surface area contributed by atoms with Crippen LogP contribution in [0.2, 0.25) is 0 Å². The Balaban J connectivity index is 1.70. The van der Waals surface area contributed by atoms with Crippen LogP contribution in [-0.2, 0) is 17.7 Å². The van der Waals surface area contributed by atoms with Crippen molar-refractivity contribution in [2.75, 3.05) is 13.7 Å². The molecule has 0 aliphatic rings. The highest BCUT2D eigenvalue weighted by molar-refractivity contribution is 5.64. The van der Waals surface area contributed by atoms with Gasteiger partial charge in [-0.25, -0.2) is 32.2 Å². The Hall–Kier alpha value is -3.60. The predicted molar refractivity (Wildman–Crippen MR) is 121 cm³/mol. The van der Waals surface area contributed by atoms with Gasteiger partial charge in [-0.15, -0.1) is 0 Å². The molecule has 184 valence electrons. The van der Waals surface area contributed by atoms with Crippen LogP contribution in [0, 0.1) is 13.8 Å². The Bertz CT molecular complexity index is 1300. The Labute approximate surface area is 199 Å². The SMILES string of the molecule is COCCn1nc(-c2ccc(C(F)F)cc2)c(C)c1Cc1cc(-n2nc(C)cc2C(F)F)ncn1. The largest absolute Gasteiger partial charge is 0.383 e. The number of hydrogen-bond donors (Lipinski definition) is 0. The Morgan fingerprint density at radius 3 is 2.34 bits per heavy atom. The van der Waals surface area contributed by atoms with Crippen LogP contribution >= 0.6 is 0 Å². The number of hydrogen-bond acceptors (Lipinski definition) is 5. The van der Waals surface area contributed by atoms with Crippen molar-refractivity contribution in [3.8, 4) is 17.1 Å². The van der Waals surface area contributed by atoms with E-state index in [9.17, 15) is 17.6 Å². The van der Waals surface area contributed by atoms with Gasteiger partial charge in [0.05, 0.1) is 30.2 Å². The molecule has 3 aromatic heterocycles. The van der Waals surface area contributed by atoms with Crippen LogP contribution in [0.3, 0.4) is 0 Å². The number of benzene rings is 1. The monoisotopic (exact) mass is 488 g/mol. The summed E-state index contributed by atoms with van der Waals surface area (Å²) in [5, 5.41) is 8.85. The molecule has 0 amide bonds. The number of aromatic nitrogens is 6. The summed E-state index contributed by atoms with van der Waals surface area (Å²) in [5.74, 6) is 0.238. The maximum atomic E-state index is 13.5. The molecule has 4 aromatic rings. The summed E-state index contributed by atoms with van der Waals surface area (Å²) in [6, 6.07) is 8.95. The van der Waals surface area contributed by atoms with E-state index in [0.29, 0.717) is 42.2 Å². The highest BCUT2D eigenvalue weighted by Gasteiger charge is 2.20. The molecule has 0 aliphatic heterocycles. The first-order chi connectivity index (χ1) is 16.8. The molecule has 0 N–H and O–H groups in total. The first kappa shape index (κ1) is 24.5. The molecule has 0 aliphatic carbocycles. The van der Waals surface area contributed by atoms with Gasteiger partial charge in [0.15, 0.2) is 5.82 Å². The summed E-state index contributed by atoms with van der Waals surface area (Å²) in [7, 11) is 1.59. The van der Waals surface area contributed by atoms with Gasteiger partial charge in [0.25, 0.3) is 12.9 Å². The van der Waals surface area contributed by atoms with Crippen molar-refractivity contribution in [3.05, 3.63) is 76.6 Å². The molecule has 0 spiro atoms. The van der Waals surface area contributed by atoms with E-state index < -0.39 is 12.9 Å². The predicted octanol–water partition coefficient (Wildman–Crippen LogP) is 5.26. The minimum Gasteiger partial charge on any atom is -0.383 e. The van der Waals surface area contributed by atoms with Gasteiger partial charge >= 0.3 is 0 Å². The molecular formula is C24H24F4N6O. The van der Waals surface area contributed by atoms with E-state index in [4.69, 9.17) is 9.84 Å². The average molecular weight is 488 g/mol. The van der Waals surface area contributed by atoms with Gasteiger partial charge in [-0.3, -0.25) is 4.68 Å². The molecule has 7 nitrogen and oxygen atoms in total. The first-order valence-electron chi connectivity index (χ1n) is 10.9. The van der Waals surface area contributed by atoms with Gasteiger partial charge in [0.1, 0.15) is 12.0 Å². The minimum atomic E-state index is -2.70. The lowest BCUT2D eigenvalue weighted by molar-refractivity contribution is 0.142. The third-order valence-corrected chi connectivity index (χ3v) is 5.62. The molecule has 0 unspecified atom stereocenters. The molecule has 0 saturated carbocycles. The molecule has 11 heteroatoms. The summed E-state index contributed by atoms with van der Waals surface area (Å²) in [6.07, 6.45) is -3.59. The van der Waals surface area contributed by atoms with Crippen LogP contribution in [0.1, 0.15) is 46.8 Å². The number of rotatable bonds is 9. The summed E-state index contributed by atoms with van der Waals surface area (Å²) >= 11 is 0. The number of aryl methyl sites for hydroxylation is 1. The van der Waals surface area contributed by atoms with Gasteiger partial charge in [0, 0.05) is 36.4 Å². The van der Waals surface area contributed by atoms with Crippen molar-refractivity contribution in [1.82, 2.24) is 29.5 Å². The minimum absolute atomic E-state index is 0.0593. The van der Waals surface area contributed by atoms with E-state index in [1.807, 2.05) is 6.92 Å². The maximum absolute atomic E-state index is 13.5. The lowest BCUT2D eigenvalue weighted by Gasteiger charge is -2.10. The van der Waals surface area contributed by atoms with Crippen LogP contribution < -0.4 is 0 Å². The van der Waals surface area contributed by atoms with E-state index in [1.165, 1.54) is 24.5 Å². The number of methoxy groups -OCH3 is 1. The number of ether oxygens (including phenoxy) is 1. The van der Waals surface area contributed by atoms with Gasteiger partial charge in [-0.2, -0.15) is 10.2 Å². The Morgan fingerprint density at radius 2 is 1.69 bits per heavy atom. The highest BCUT2D eigenvalue weighted by Crippen LogP contribution is 2.29. The van der Waals surface area contributed by atoms with Gasteiger partial charge in [-0.1, -0.05) is 24.3 Å². The topological polar surface area (TPSA) is 70.7 Å². The van der Waals surface area contributed by atoms with E-state index in [2.05, 4.69) is 15.1 Å². The van der Waals surface area contributed by atoms with Crippen molar-refractivity contribution in [1.29, 1.82) is 0 Å². The molecule has 3 heterocycles. The van der Waals surface area contributed by atoms with Crippen molar-refractivity contribution in [3.63, 3.8) is 0 Å². The summed E-state index contributed by atoms with van der Waals surface area (Å²) in [6.45, 7) is 4.41. The van der Waals surface area contributed by atoms with Gasteiger partial charge in [-0.05, 0) is 25.5 Å². The molecule has 0 bridgehead atoms. The van der Waals surface area contributed by atoms with Crippen LogP contribution in [0.5, 0.6) is 0 Å². The molecule has 0 saturated heterocycles. The third-order valence-electron chi connectivity index (χ3n) is 5.62. The number of halogens is 4. The van der Waals surface area contributed by atoms with Crippen LogP contribution in [-0.4, -0.2) is 43.2 Å². The molecule has 0 atom stereocenters. The van der Waals surface area contributed by atoms with E-state index >= 15 is 0 Å². The zero-order chi connectivity index (χ0) is 25.1. The van der Waals surface area contributed by atoms with Crippen molar-refractivity contribution >= 4 is 0 Å². The molecule has 0 radical (unpaired) electrons. The summed E-state index contributed by atoms with van der Waals surface area (Å²) < 4.78 is 61.0. The van der Waals surface area contributed by atoms with Crippen LogP contribution in [0.4, 0.5) is 17.6 Å². The lowest BCUT2D eigenvalue weighted by atomic mass is 10.0. The molecule has 4 rings (SSSR count). The smallest absolute Gasteiger partial charge is 0.280 e. The third kappa shape index (κ3) is 5.24. The highest BCUT2D eigenvalue weighted by atomic mass is 19.3. The fourth-order valence-electron chi connectivity index (χ4n) is 3.86. The van der Waals surface area contributed by atoms with Gasteiger partial charge < -0.3 is 4.74 Å². The summed E-state index contributed by atoms with van der Waals surface area (Å²) in [4.78, 5) is 8.45. The van der Waals surface area contributed by atoms with Crippen molar-refractivity contribution < 1.29 is 22.3 Å². The molecule has 35 heavy (non-hydrogen) atoms. The maximum Gasteiger partial charge on any atom is 0.280 e. The molecule has 0 fully saturated rings. The quantitative estimate of drug-likeness (QED) is 0.301. The molecule has 1 aromatic carbocycles. The standard InChI is InChI=1S/C24H24F4N6O/c1-14-10-20(24(27)28)34(31-14)21-12-18(29-13-30-21)11-19-15(2)22(32-33(19)8-9-35-3)16-4-6-17(7-5-16)23(25)26/h4-7,10,12-13,23-24H,8-9,11H2,1-3H3. The zero-order valence-electron chi connectivity index (χ0n) is 19.4. The first-order valence-corrected chi connectivity index (χ1v) is 10.9. The van der Waals surface area contributed by atoms with Crippen molar-refractivity contribution in [2.45, 2.75) is 39.7 Å². The number of alkyl halides is 4. The lowest BCUT2D eigenvalue weighted by Crippen LogP contribution is -2.12. The fraction of sp³-hybridized carbons (Fsp3) is 0.333. The summed E-state index contributed by atoms with van der Waals surface area (Å²) in [5.41, 5.74) is 3.80. The second-order valence-corrected chi connectivity index (χ2v) is 8.03. The van der Waals surface area contributed by atoms with E-state index in [0.717, 1.165) is 15.9 Å². The van der Waals surface area contributed by atoms with Crippen molar-refractivity contribution in [2.24, 2.45) is 0 Å². The van der Waals surface area contributed by atoms with Gasteiger partial charge in [0.2, 0.25) is 0 Å². The van der Waals surface area contributed by atoms with Crippen LogP contribution in [0.25, 0.3) is 17.1 Å². The number of nitrogens with zero attached hydrogens (tertiary/aromatic N) is 6. The fourth-order valence-corrected chi connectivity index (χ4v) is 3.86.